The van der Waals surface area contributed by atoms with Crippen LogP contribution in [0.3, 0.4) is 0 Å². The zero-order valence-corrected chi connectivity index (χ0v) is 11.5. The van der Waals surface area contributed by atoms with E-state index >= 15 is 0 Å². The van der Waals surface area contributed by atoms with E-state index in [4.69, 9.17) is 0 Å². The van der Waals surface area contributed by atoms with E-state index in [0.717, 1.165) is 43.8 Å². The third-order valence-electron chi connectivity index (χ3n) is 3.39. The Morgan fingerprint density at radius 3 is 3.11 bits per heavy atom. The SMILES string of the molecule is CC(C)CNCC1CCCN(c2ccncn2)C1. The second-order valence-corrected chi connectivity index (χ2v) is 5.57. The second-order valence-electron chi connectivity index (χ2n) is 5.57. The van der Waals surface area contributed by atoms with Crippen molar-refractivity contribution in [1.82, 2.24) is 15.3 Å². The standard InChI is InChI=1S/C14H24N4/c1-12(2)8-16-9-13-4-3-7-18(10-13)14-5-6-15-11-17-14/h5-6,11-13,16H,3-4,7-10H2,1-2H3. The van der Waals surface area contributed by atoms with Gasteiger partial charge in [-0.1, -0.05) is 13.8 Å². The molecule has 2 rings (SSSR count). The molecule has 1 N–H and O–H groups in total. The van der Waals surface area contributed by atoms with Crippen molar-refractivity contribution in [1.29, 1.82) is 0 Å². The summed E-state index contributed by atoms with van der Waals surface area (Å²) in [5.41, 5.74) is 0. The fourth-order valence-corrected chi connectivity index (χ4v) is 2.49. The maximum absolute atomic E-state index is 4.34. The minimum absolute atomic E-state index is 0.728. The van der Waals surface area contributed by atoms with Crippen LogP contribution in [-0.2, 0) is 0 Å². The lowest BCUT2D eigenvalue weighted by Gasteiger charge is -2.33. The molecule has 1 aromatic rings. The van der Waals surface area contributed by atoms with E-state index in [0.29, 0.717) is 0 Å². The van der Waals surface area contributed by atoms with Crippen molar-refractivity contribution in [2.45, 2.75) is 26.7 Å². The smallest absolute Gasteiger partial charge is 0.131 e. The first-order valence-electron chi connectivity index (χ1n) is 6.97. The number of hydrogen-bond donors (Lipinski definition) is 1. The molecule has 1 saturated heterocycles. The number of piperidine rings is 1. The number of anilines is 1. The lowest BCUT2D eigenvalue weighted by Crippen LogP contribution is -2.40. The Hall–Kier alpha value is -1.16. The third-order valence-corrected chi connectivity index (χ3v) is 3.39. The van der Waals surface area contributed by atoms with Gasteiger partial charge in [-0.3, -0.25) is 0 Å². The molecule has 0 aliphatic carbocycles. The zero-order chi connectivity index (χ0) is 12.8. The van der Waals surface area contributed by atoms with Crippen molar-refractivity contribution in [3.05, 3.63) is 18.6 Å². The van der Waals surface area contributed by atoms with Crippen molar-refractivity contribution in [3.63, 3.8) is 0 Å². The second kappa shape index (κ2) is 6.69. The molecule has 4 nitrogen and oxygen atoms in total. The molecule has 1 unspecified atom stereocenters. The van der Waals surface area contributed by atoms with E-state index in [2.05, 4.69) is 34.0 Å². The van der Waals surface area contributed by atoms with Gasteiger partial charge in [0.15, 0.2) is 0 Å². The van der Waals surface area contributed by atoms with E-state index in [1.807, 2.05) is 12.3 Å². The summed E-state index contributed by atoms with van der Waals surface area (Å²) >= 11 is 0. The van der Waals surface area contributed by atoms with Crippen LogP contribution < -0.4 is 10.2 Å². The van der Waals surface area contributed by atoms with Gasteiger partial charge in [0, 0.05) is 19.3 Å². The molecule has 1 fully saturated rings. The topological polar surface area (TPSA) is 41.0 Å². The van der Waals surface area contributed by atoms with Crippen LogP contribution in [0, 0.1) is 11.8 Å². The van der Waals surface area contributed by atoms with Gasteiger partial charge in [0.25, 0.3) is 0 Å². The number of nitrogens with one attached hydrogen (secondary N) is 1. The Morgan fingerprint density at radius 2 is 2.39 bits per heavy atom. The first kappa shape index (κ1) is 13.3. The first-order valence-corrected chi connectivity index (χ1v) is 6.97. The molecule has 0 saturated carbocycles. The van der Waals surface area contributed by atoms with Gasteiger partial charge >= 0.3 is 0 Å². The van der Waals surface area contributed by atoms with Gasteiger partial charge in [0.1, 0.15) is 12.1 Å². The van der Waals surface area contributed by atoms with Crippen LogP contribution in [0.4, 0.5) is 5.82 Å². The number of hydrogen-bond acceptors (Lipinski definition) is 4. The predicted molar refractivity (Wildman–Crippen MR) is 74.7 cm³/mol. The molecular weight excluding hydrogens is 224 g/mol. The molecule has 1 aliphatic rings. The van der Waals surface area contributed by atoms with Crippen LogP contribution >= 0.6 is 0 Å². The summed E-state index contributed by atoms with van der Waals surface area (Å²) in [7, 11) is 0. The van der Waals surface area contributed by atoms with Gasteiger partial charge in [-0.15, -0.1) is 0 Å². The minimum Gasteiger partial charge on any atom is -0.356 e. The van der Waals surface area contributed by atoms with Crippen molar-refractivity contribution in [2.75, 3.05) is 31.1 Å². The molecule has 0 bridgehead atoms. The summed E-state index contributed by atoms with van der Waals surface area (Å²) in [6.45, 7) is 8.98. The minimum atomic E-state index is 0.728. The quantitative estimate of drug-likeness (QED) is 0.864. The largest absolute Gasteiger partial charge is 0.356 e. The van der Waals surface area contributed by atoms with Gasteiger partial charge in [0.2, 0.25) is 0 Å². The van der Waals surface area contributed by atoms with E-state index in [-0.39, 0.29) is 0 Å². The Morgan fingerprint density at radius 1 is 1.50 bits per heavy atom. The highest BCUT2D eigenvalue weighted by molar-refractivity contribution is 5.36. The van der Waals surface area contributed by atoms with Gasteiger partial charge < -0.3 is 10.2 Å². The molecule has 0 amide bonds. The molecular formula is C14H24N4. The van der Waals surface area contributed by atoms with Gasteiger partial charge in [-0.25, -0.2) is 9.97 Å². The summed E-state index contributed by atoms with van der Waals surface area (Å²) in [4.78, 5) is 10.7. The lowest BCUT2D eigenvalue weighted by molar-refractivity contribution is 0.381. The average Bonchev–Trinajstić information content (AvgIpc) is 2.40. The Bertz CT molecular complexity index is 339. The highest BCUT2D eigenvalue weighted by Crippen LogP contribution is 2.20. The molecule has 0 aromatic carbocycles. The number of nitrogens with zero attached hydrogens (tertiary/aromatic N) is 3. The van der Waals surface area contributed by atoms with Crippen molar-refractivity contribution >= 4 is 5.82 Å². The molecule has 2 heterocycles. The molecule has 100 valence electrons. The maximum Gasteiger partial charge on any atom is 0.131 e. The molecule has 1 atom stereocenters. The van der Waals surface area contributed by atoms with Crippen molar-refractivity contribution < 1.29 is 0 Å². The van der Waals surface area contributed by atoms with Gasteiger partial charge in [-0.2, -0.15) is 0 Å². The molecule has 4 heteroatoms. The monoisotopic (exact) mass is 248 g/mol. The number of rotatable bonds is 5. The highest BCUT2D eigenvalue weighted by atomic mass is 15.2. The molecule has 0 spiro atoms. The van der Waals surface area contributed by atoms with E-state index in [1.165, 1.54) is 12.8 Å². The first-order chi connectivity index (χ1) is 8.75. The van der Waals surface area contributed by atoms with Crippen LogP contribution in [0.5, 0.6) is 0 Å². The summed E-state index contributed by atoms with van der Waals surface area (Å²) in [6.07, 6.45) is 6.05. The summed E-state index contributed by atoms with van der Waals surface area (Å²) in [5.74, 6) is 2.54. The van der Waals surface area contributed by atoms with E-state index < -0.39 is 0 Å². The molecule has 1 aliphatic heterocycles. The van der Waals surface area contributed by atoms with Crippen LogP contribution in [0.2, 0.25) is 0 Å². The molecule has 18 heavy (non-hydrogen) atoms. The van der Waals surface area contributed by atoms with Crippen molar-refractivity contribution in [3.8, 4) is 0 Å². The Kier molecular flexibility index (Phi) is 4.93. The van der Waals surface area contributed by atoms with Crippen LogP contribution in [0.25, 0.3) is 0 Å². The van der Waals surface area contributed by atoms with Gasteiger partial charge in [0.05, 0.1) is 0 Å². The van der Waals surface area contributed by atoms with E-state index in [1.54, 1.807) is 6.33 Å². The fourth-order valence-electron chi connectivity index (χ4n) is 2.49. The zero-order valence-electron chi connectivity index (χ0n) is 11.5. The maximum atomic E-state index is 4.34. The average molecular weight is 248 g/mol. The lowest BCUT2D eigenvalue weighted by atomic mass is 9.98. The number of aromatic nitrogens is 2. The van der Waals surface area contributed by atoms with E-state index in [9.17, 15) is 0 Å². The van der Waals surface area contributed by atoms with Crippen LogP contribution in [0.15, 0.2) is 18.6 Å². The predicted octanol–water partition coefficient (Wildman–Crippen LogP) is 1.94. The summed E-state index contributed by atoms with van der Waals surface area (Å²) in [5, 5.41) is 3.57. The third kappa shape index (κ3) is 3.95. The molecule has 0 radical (unpaired) electrons. The Labute approximate surface area is 110 Å². The normalized spacial score (nSPS) is 20.4. The van der Waals surface area contributed by atoms with Gasteiger partial charge in [-0.05, 0) is 43.8 Å². The van der Waals surface area contributed by atoms with Crippen LogP contribution in [-0.4, -0.2) is 36.1 Å². The summed E-state index contributed by atoms with van der Waals surface area (Å²) < 4.78 is 0. The molecule has 1 aromatic heterocycles. The van der Waals surface area contributed by atoms with Crippen molar-refractivity contribution in [2.24, 2.45) is 11.8 Å². The summed E-state index contributed by atoms with van der Waals surface area (Å²) in [6, 6.07) is 2.00. The Balaban J connectivity index is 1.81. The highest BCUT2D eigenvalue weighted by Gasteiger charge is 2.20. The van der Waals surface area contributed by atoms with Crippen LogP contribution in [0.1, 0.15) is 26.7 Å². The fraction of sp³-hybridized carbons (Fsp3) is 0.714.